The monoisotopic (exact) mass is 336 g/mol. The second-order valence-electron chi connectivity index (χ2n) is 6.63. The first-order valence-corrected chi connectivity index (χ1v) is 8.62. The first-order valence-electron chi connectivity index (χ1n) is 8.62. The SMILES string of the molecule is O=C(Nc1cccc(C(=O)NC2CC2)c1)c1ccnc(NC2CC2)c1. The van der Waals surface area contributed by atoms with Crippen molar-refractivity contribution in [3.05, 3.63) is 53.7 Å². The van der Waals surface area contributed by atoms with Crippen molar-refractivity contribution in [2.75, 3.05) is 10.6 Å². The van der Waals surface area contributed by atoms with E-state index in [4.69, 9.17) is 0 Å². The Morgan fingerprint density at radius 1 is 0.920 bits per heavy atom. The van der Waals surface area contributed by atoms with Crippen LogP contribution in [0.15, 0.2) is 42.6 Å². The number of hydrogen-bond donors (Lipinski definition) is 3. The van der Waals surface area contributed by atoms with E-state index in [1.807, 2.05) is 0 Å². The minimum absolute atomic E-state index is 0.0987. The summed E-state index contributed by atoms with van der Waals surface area (Å²) in [5.74, 6) is 0.395. The maximum absolute atomic E-state index is 12.5. The number of pyridine rings is 1. The number of anilines is 2. The third-order valence-corrected chi connectivity index (χ3v) is 4.25. The van der Waals surface area contributed by atoms with E-state index < -0.39 is 0 Å². The van der Waals surface area contributed by atoms with Crippen molar-refractivity contribution in [3.63, 3.8) is 0 Å². The molecule has 25 heavy (non-hydrogen) atoms. The van der Waals surface area contributed by atoms with Gasteiger partial charge in [0.1, 0.15) is 5.82 Å². The van der Waals surface area contributed by atoms with Crippen LogP contribution < -0.4 is 16.0 Å². The summed E-state index contributed by atoms with van der Waals surface area (Å²) in [7, 11) is 0. The predicted molar refractivity (Wildman–Crippen MR) is 95.8 cm³/mol. The molecule has 2 amide bonds. The first kappa shape index (κ1) is 15.6. The fourth-order valence-electron chi connectivity index (χ4n) is 2.53. The first-order chi connectivity index (χ1) is 12.2. The predicted octanol–water partition coefficient (Wildman–Crippen LogP) is 2.80. The van der Waals surface area contributed by atoms with E-state index in [2.05, 4.69) is 20.9 Å². The molecule has 6 heteroatoms. The van der Waals surface area contributed by atoms with Gasteiger partial charge in [0, 0.05) is 35.1 Å². The lowest BCUT2D eigenvalue weighted by Gasteiger charge is -2.09. The summed E-state index contributed by atoms with van der Waals surface area (Å²) in [6.45, 7) is 0. The minimum Gasteiger partial charge on any atom is -0.367 e. The number of rotatable bonds is 6. The van der Waals surface area contributed by atoms with Gasteiger partial charge in [-0.3, -0.25) is 9.59 Å². The molecule has 2 saturated carbocycles. The summed E-state index contributed by atoms with van der Waals surface area (Å²) >= 11 is 0. The lowest BCUT2D eigenvalue weighted by atomic mass is 10.1. The number of nitrogens with zero attached hydrogens (tertiary/aromatic N) is 1. The highest BCUT2D eigenvalue weighted by atomic mass is 16.2. The topological polar surface area (TPSA) is 83.1 Å². The van der Waals surface area contributed by atoms with Gasteiger partial charge in [-0.05, 0) is 56.0 Å². The molecule has 0 atom stereocenters. The van der Waals surface area contributed by atoms with E-state index in [-0.39, 0.29) is 11.8 Å². The number of aromatic nitrogens is 1. The van der Waals surface area contributed by atoms with E-state index in [1.54, 1.807) is 42.6 Å². The van der Waals surface area contributed by atoms with Gasteiger partial charge in [-0.2, -0.15) is 0 Å². The second kappa shape index (κ2) is 6.55. The number of carbonyl (C=O) groups excluding carboxylic acids is 2. The van der Waals surface area contributed by atoms with Crippen molar-refractivity contribution in [2.24, 2.45) is 0 Å². The van der Waals surface area contributed by atoms with Gasteiger partial charge in [-0.1, -0.05) is 6.07 Å². The second-order valence-corrected chi connectivity index (χ2v) is 6.63. The third-order valence-electron chi connectivity index (χ3n) is 4.25. The molecule has 2 aliphatic rings. The van der Waals surface area contributed by atoms with Gasteiger partial charge in [0.2, 0.25) is 0 Å². The van der Waals surface area contributed by atoms with Crippen LogP contribution in [0.1, 0.15) is 46.4 Å². The zero-order valence-corrected chi connectivity index (χ0v) is 13.8. The van der Waals surface area contributed by atoms with Crippen LogP contribution in [-0.2, 0) is 0 Å². The summed E-state index contributed by atoms with van der Waals surface area (Å²) < 4.78 is 0. The number of hydrogen-bond acceptors (Lipinski definition) is 4. The molecule has 4 rings (SSSR count). The summed E-state index contributed by atoms with van der Waals surface area (Å²) in [5, 5.41) is 9.07. The average Bonchev–Trinajstić information content (AvgIpc) is 3.52. The van der Waals surface area contributed by atoms with Crippen LogP contribution >= 0.6 is 0 Å². The Labute approximate surface area is 146 Å². The lowest BCUT2D eigenvalue weighted by molar-refractivity contribution is 0.0949. The fourth-order valence-corrected chi connectivity index (χ4v) is 2.53. The molecular weight excluding hydrogens is 316 g/mol. The molecule has 2 aliphatic carbocycles. The van der Waals surface area contributed by atoms with Crippen LogP contribution in [0.25, 0.3) is 0 Å². The van der Waals surface area contributed by atoms with E-state index in [9.17, 15) is 9.59 Å². The van der Waals surface area contributed by atoms with Gasteiger partial charge in [0.15, 0.2) is 0 Å². The molecule has 0 unspecified atom stereocenters. The Balaban J connectivity index is 1.43. The van der Waals surface area contributed by atoms with Crippen molar-refractivity contribution in [2.45, 2.75) is 37.8 Å². The molecule has 0 spiro atoms. The number of carbonyl (C=O) groups is 2. The fraction of sp³-hybridized carbons (Fsp3) is 0.316. The molecule has 0 aliphatic heterocycles. The van der Waals surface area contributed by atoms with E-state index >= 15 is 0 Å². The molecule has 2 aromatic rings. The normalized spacial score (nSPS) is 16.2. The maximum atomic E-state index is 12.5. The third kappa shape index (κ3) is 4.15. The molecule has 1 aromatic carbocycles. The zero-order valence-electron chi connectivity index (χ0n) is 13.8. The number of benzene rings is 1. The molecule has 128 valence electrons. The summed E-state index contributed by atoms with van der Waals surface area (Å²) in [5.41, 5.74) is 1.68. The highest BCUT2D eigenvalue weighted by molar-refractivity contribution is 6.05. The van der Waals surface area contributed by atoms with Gasteiger partial charge in [0.25, 0.3) is 11.8 Å². The lowest BCUT2D eigenvalue weighted by Crippen LogP contribution is -2.25. The van der Waals surface area contributed by atoms with Crippen molar-refractivity contribution in [3.8, 4) is 0 Å². The van der Waals surface area contributed by atoms with Crippen molar-refractivity contribution >= 4 is 23.3 Å². The van der Waals surface area contributed by atoms with Crippen LogP contribution in [0.2, 0.25) is 0 Å². The van der Waals surface area contributed by atoms with Gasteiger partial charge in [-0.25, -0.2) is 4.98 Å². The van der Waals surface area contributed by atoms with Crippen LogP contribution in [0.4, 0.5) is 11.5 Å². The molecule has 1 aromatic heterocycles. The Kier molecular flexibility index (Phi) is 4.09. The number of amides is 2. The van der Waals surface area contributed by atoms with Crippen molar-refractivity contribution in [1.29, 1.82) is 0 Å². The Hall–Kier alpha value is -2.89. The molecule has 6 nitrogen and oxygen atoms in total. The smallest absolute Gasteiger partial charge is 0.255 e. The van der Waals surface area contributed by atoms with Crippen LogP contribution in [0, 0.1) is 0 Å². The molecule has 2 fully saturated rings. The van der Waals surface area contributed by atoms with Gasteiger partial charge < -0.3 is 16.0 Å². The standard InChI is InChI=1S/C19H20N4O2/c24-18(22-15-6-7-15)12-2-1-3-16(10-12)23-19(25)13-8-9-20-17(11-13)21-14-4-5-14/h1-3,8-11,14-15H,4-7H2,(H,20,21)(H,22,24)(H,23,25). The molecule has 0 bridgehead atoms. The van der Waals surface area contributed by atoms with Crippen molar-refractivity contribution < 1.29 is 9.59 Å². The quantitative estimate of drug-likeness (QED) is 0.757. The van der Waals surface area contributed by atoms with E-state index in [0.717, 1.165) is 25.7 Å². The Bertz CT molecular complexity index is 813. The van der Waals surface area contributed by atoms with Gasteiger partial charge >= 0.3 is 0 Å². The molecule has 1 heterocycles. The maximum Gasteiger partial charge on any atom is 0.255 e. The average molecular weight is 336 g/mol. The van der Waals surface area contributed by atoms with Gasteiger partial charge in [-0.15, -0.1) is 0 Å². The van der Waals surface area contributed by atoms with Crippen molar-refractivity contribution in [1.82, 2.24) is 10.3 Å². The molecule has 3 N–H and O–H groups in total. The molecule has 0 saturated heterocycles. The van der Waals surface area contributed by atoms with Crippen LogP contribution in [0.5, 0.6) is 0 Å². The van der Waals surface area contributed by atoms with E-state index in [0.29, 0.717) is 34.7 Å². The summed E-state index contributed by atoms with van der Waals surface area (Å²) in [4.78, 5) is 28.8. The number of nitrogens with one attached hydrogen (secondary N) is 3. The van der Waals surface area contributed by atoms with E-state index in [1.165, 1.54) is 0 Å². The zero-order chi connectivity index (χ0) is 17.2. The highest BCUT2D eigenvalue weighted by Gasteiger charge is 2.24. The highest BCUT2D eigenvalue weighted by Crippen LogP contribution is 2.24. The minimum atomic E-state index is -0.221. The molecular formula is C19H20N4O2. The Morgan fingerprint density at radius 2 is 1.68 bits per heavy atom. The van der Waals surface area contributed by atoms with Gasteiger partial charge in [0.05, 0.1) is 0 Å². The summed E-state index contributed by atoms with van der Waals surface area (Å²) in [6.07, 6.45) is 6.00. The summed E-state index contributed by atoms with van der Waals surface area (Å²) in [6, 6.07) is 11.2. The molecule has 0 radical (unpaired) electrons. The Morgan fingerprint density at radius 3 is 2.44 bits per heavy atom. The van der Waals surface area contributed by atoms with Crippen LogP contribution in [-0.4, -0.2) is 28.9 Å². The van der Waals surface area contributed by atoms with Crippen LogP contribution in [0.3, 0.4) is 0 Å². The largest absolute Gasteiger partial charge is 0.367 e.